The van der Waals surface area contributed by atoms with E-state index in [-0.39, 0.29) is 11.4 Å². The normalized spacial score (nSPS) is 10.1. The Kier molecular flexibility index (Phi) is 4.99. The van der Waals surface area contributed by atoms with Gasteiger partial charge in [-0.25, -0.2) is 4.79 Å². The van der Waals surface area contributed by atoms with Crippen LogP contribution in [-0.2, 0) is 4.74 Å². The van der Waals surface area contributed by atoms with Crippen LogP contribution >= 0.6 is 0 Å². The molecule has 7 heteroatoms. The number of anilines is 1. The number of carbonyl (C=O) groups is 1. The SMILES string of the molecule is CC(C)(C)OC(=O)NCCC#Cc1[nH]nc(N)c1C#N. The lowest BCUT2D eigenvalue weighted by molar-refractivity contribution is 0.0529. The minimum Gasteiger partial charge on any atom is -0.444 e. The number of rotatable bonds is 2. The van der Waals surface area contributed by atoms with Gasteiger partial charge in [0.2, 0.25) is 0 Å². The van der Waals surface area contributed by atoms with Crippen molar-refractivity contribution in [2.45, 2.75) is 32.8 Å². The molecule has 0 aromatic carbocycles. The summed E-state index contributed by atoms with van der Waals surface area (Å²) in [5.74, 6) is 5.68. The van der Waals surface area contributed by atoms with Crippen LogP contribution in [0.2, 0.25) is 0 Å². The molecule has 1 aromatic heterocycles. The molecule has 0 unspecified atom stereocenters. The molecule has 0 bridgehead atoms. The summed E-state index contributed by atoms with van der Waals surface area (Å²) in [5, 5.41) is 17.7. The highest BCUT2D eigenvalue weighted by molar-refractivity contribution is 5.67. The summed E-state index contributed by atoms with van der Waals surface area (Å²) >= 11 is 0. The van der Waals surface area contributed by atoms with E-state index in [2.05, 4.69) is 27.4 Å². The first kappa shape index (κ1) is 15.4. The molecule has 0 radical (unpaired) electrons. The molecule has 4 N–H and O–H groups in total. The number of amides is 1. The number of alkyl carbamates (subject to hydrolysis) is 1. The topological polar surface area (TPSA) is 117 Å². The second-order valence-electron chi connectivity index (χ2n) is 4.95. The third kappa shape index (κ3) is 4.91. The number of aromatic amines is 1. The number of ether oxygens (including phenoxy) is 1. The van der Waals surface area contributed by atoms with Gasteiger partial charge in [-0.05, 0) is 26.7 Å². The Bertz CT molecular complexity index is 581. The maximum Gasteiger partial charge on any atom is 0.407 e. The monoisotopic (exact) mass is 275 g/mol. The maximum atomic E-state index is 11.3. The third-order valence-electron chi connectivity index (χ3n) is 2.04. The van der Waals surface area contributed by atoms with E-state index in [1.54, 1.807) is 20.8 Å². The minimum atomic E-state index is -0.523. The molecule has 0 saturated carbocycles. The van der Waals surface area contributed by atoms with Crippen LogP contribution in [0.5, 0.6) is 0 Å². The fraction of sp³-hybridized carbons (Fsp3) is 0.462. The van der Waals surface area contributed by atoms with Crippen molar-refractivity contribution in [1.82, 2.24) is 15.5 Å². The smallest absolute Gasteiger partial charge is 0.407 e. The molecular formula is C13H17N5O2. The van der Waals surface area contributed by atoms with E-state index >= 15 is 0 Å². The standard InChI is InChI=1S/C13H17N5O2/c1-13(2,3)20-12(19)16-7-5-4-6-10-9(8-14)11(15)18-17-10/h5,7H2,1-3H3,(H,16,19)(H3,15,17,18). The predicted octanol–water partition coefficient (Wildman–Crippen LogP) is 1.13. The first-order valence-corrected chi connectivity index (χ1v) is 6.03. The third-order valence-corrected chi connectivity index (χ3v) is 2.04. The summed E-state index contributed by atoms with van der Waals surface area (Å²) in [6.45, 7) is 5.72. The quantitative estimate of drug-likeness (QED) is 0.552. The Hall–Kier alpha value is -2.67. The molecule has 0 aliphatic heterocycles. The fourth-order valence-electron chi connectivity index (χ4n) is 1.25. The number of carbonyl (C=O) groups excluding carboxylic acids is 1. The fourth-order valence-corrected chi connectivity index (χ4v) is 1.25. The largest absolute Gasteiger partial charge is 0.444 e. The zero-order chi connectivity index (χ0) is 15.2. The van der Waals surface area contributed by atoms with Gasteiger partial charge in [-0.15, -0.1) is 0 Å². The van der Waals surface area contributed by atoms with E-state index in [9.17, 15) is 4.79 Å². The number of hydrogen-bond acceptors (Lipinski definition) is 5. The molecule has 106 valence electrons. The van der Waals surface area contributed by atoms with Crippen LogP contribution in [0.4, 0.5) is 10.6 Å². The van der Waals surface area contributed by atoms with Crippen molar-refractivity contribution in [1.29, 1.82) is 5.26 Å². The lowest BCUT2D eigenvalue weighted by Gasteiger charge is -2.19. The molecule has 1 aromatic rings. The van der Waals surface area contributed by atoms with Crippen molar-refractivity contribution in [3.63, 3.8) is 0 Å². The molecule has 0 saturated heterocycles. The van der Waals surface area contributed by atoms with Crippen molar-refractivity contribution >= 4 is 11.9 Å². The van der Waals surface area contributed by atoms with Gasteiger partial charge in [0.05, 0.1) is 0 Å². The molecule has 20 heavy (non-hydrogen) atoms. The average molecular weight is 275 g/mol. The van der Waals surface area contributed by atoms with E-state index in [0.717, 1.165) is 0 Å². The summed E-state index contributed by atoms with van der Waals surface area (Å²) in [5.41, 5.74) is 5.56. The van der Waals surface area contributed by atoms with Gasteiger partial charge in [0.25, 0.3) is 0 Å². The van der Waals surface area contributed by atoms with Gasteiger partial charge in [0, 0.05) is 13.0 Å². The molecule has 0 atom stereocenters. The summed E-state index contributed by atoms with van der Waals surface area (Å²) < 4.78 is 5.07. The predicted molar refractivity (Wildman–Crippen MR) is 73.4 cm³/mol. The average Bonchev–Trinajstić information content (AvgIpc) is 2.67. The van der Waals surface area contributed by atoms with Gasteiger partial charge in [-0.1, -0.05) is 5.92 Å². The molecule has 0 fully saturated rings. The van der Waals surface area contributed by atoms with E-state index in [4.69, 9.17) is 15.7 Å². The highest BCUT2D eigenvalue weighted by Crippen LogP contribution is 2.09. The second-order valence-corrected chi connectivity index (χ2v) is 4.95. The number of H-pyrrole nitrogens is 1. The summed E-state index contributed by atoms with van der Waals surface area (Å²) in [6.07, 6.45) is -0.0638. The molecule has 1 rings (SSSR count). The summed E-state index contributed by atoms with van der Waals surface area (Å²) in [6, 6.07) is 1.92. The van der Waals surface area contributed by atoms with Gasteiger partial charge in [0.1, 0.15) is 22.9 Å². The first-order valence-electron chi connectivity index (χ1n) is 6.03. The van der Waals surface area contributed by atoms with E-state index in [0.29, 0.717) is 18.7 Å². The highest BCUT2D eigenvalue weighted by atomic mass is 16.6. The van der Waals surface area contributed by atoms with Crippen molar-refractivity contribution in [3.8, 4) is 17.9 Å². The van der Waals surface area contributed by atoms with E-state index in [1.807, 2.05) is 6.07 Å². The number of nitrogens with zero attached hydrogens (tertiary/aromatic N) is 2. The maximum absolute atomic E-state index is 11.3. The molecule has 0 aliphatic rings. The minimum absolute atomic E-state index is 0.128. The number of nitriles is 1. The Morgan fingerprint density at radius 1 is 1.55 bits per heavy atom. The van der Waals surface area contributed by atoms with Crippen LogP contribution in [0.25, 0.3) is 0 Å². The molecule has 7 nitrogen and oxygen atoms in total. The van der Waals surface area contributed by atoms with Crippen LogP contribution in [0.15, 0.2) is 0 Å². The Labute approximate surface area is 117 Å². The Balaban J connectivity index is 2.41. The first-order chi connectivity index (χ1) is 9.33. The lowest BCUT2D eigenvalue weighted by Crippen LogP contribution is -2.32. The molecule has 1 amide bonds. The number of aromatic nitrogens is 2. The van der Waals surface area contributed by atoms with E-state index in [1.165, 1.54) is 0 Å². The van der Waals surface area contributed by atoms with Gasteiger partial charge in [-0.3, -0.25) is 5.10 Å². The van der Waals surface area contributed by atoms with Crippen LogP contribution in [0, 0.1) is 23.2 Å². The van der Waals surface area contributed by atoms with Crippen molar-refractivity contribution in [2.75, 3.05) is 12.3 Å². The number of nitrogens with two attached hydrogens (primary N) is 1. The van der Waals surface area contributed by atoms with Crippen molar-refractivity contribution in [3.05, 3.63) is 11.3 Å². The van der Waals surface area contributed by atoms with Gasteiger partial charge >= 0.3 is 6.09 Å². The second kappa shape index (κ2) is 6.48. The highest BCUT2D eigenvalue weighted by Gasteiger charge is 2.15. The molecule has 0 aliphatic carbocycles. The van der Waals surface area contributed by atoms with Crippen LogP contribution in [0.1, 0.15) is 38.4 Å². The van der Waals surface area contributed by atoms with Crippen LogP contribution in [-0.4, -0.2) is 28.4 Å². The van der Waals surface area contributed by atoms with Crippen molar-refractivity contribution < 1.29 is 9.53 Å². The van der Waals surface area contributed by atoms with Gasteiger partial charge in [-0.2, -0.15) is 10.4 Å². The molecule has 1 heterocycles. The van der Waals surface area contributed by atoms with Gasteiger partial charge in [0.15, 0.2) is 5.82 Å². The summed E-state index contributed by atoms with van der Waals surface area (Å²) in [7, 11) is 0. The number of hydrogen-bond donors (Lipinski definition) is 3. The van der Waals surface area contributed by atoms with Crippen molar-refractivity contribution in [2.24, 2.45) is 0 Å². The number of nitrogen functional groups attached to an aromatic ring is 1. The number of nitrogens with one attached hydrogen (secondary N) is 2. The Morgan fingerprint density at radius 3 is 2.85 bits per heavy atom. The van der Waals surface area contributed by atoms with Crippen LogP contribution < -0.4 is 11.1 Å². The zero-order valence-electron chi connectivity index (χ0n) is 11.7. The summed E-state index contributed by atoms with van der Waals surface area (Å²) in [4.78, 5) is 11.3. The molecular weight excluding hydrogens is 258 g/mol. The molecule has 0 spiro atoms. The van der Waals surface area contributed by atoms with Crippen LogP contribution in [0.3, 0.4) is 0 Å². The van der Waals surface area contributed by atoms with Gasteiger partial charge < -0.3 is 15.8 Å². The zero-order valence-corrected chi connectivity index (χ0v) is 11.7. The van der Waals surface area contributed by atoms with E-state index < -0.39 is 11.7 Å². The Morgan fingerprint density at radius 2 is 2.25 bits per heavy atom. The lowest BCUT2D eigenvalue weighted by atomic mass is 10.2.